The third-order valence-corrected chi connectivity index (χ3v) is 6.04. The summed E-state index contributed by atoms with van der Waals surface area (Å²) in [6, 6.07) is 25.3. The zero-order valence-electron chi connectivity index (χ0n) is 20.5. The Labute approximate surface area is 203 Å². The second-order valence-electron chi connectivity index (χ2n) is 8.77. The van der Waals surface area contributed by atoms with Gasteiger partial charge in [0.25, 0.3) is 0 Å². The summed E-state index contributed by atoms with van der Waals surface area (Å²) in [5.41, 5.74) is 3.50. The molecule has 0 aliphatic rings. The van der Waals surface area contributed by atoms with Gasteiger partial charge in [0, 0.05) is 5.56 Å². The molecule has 3 aromatic rings. The number of benzene rings is 3. The zero-order valence-corrected chi connectivity index (χ0v) is 21.5. The number of ether oxygens (including phenoxy) is 3. The van der Waals surface area contributed by atoms with E-state index in [1.165, 1.54) is 7.11 Å². The third kappa shape index (κ3) is 6.93. The predicted molar refractivity (Wildman–Crippen MR) is 138 cm³/mol. The van der Waals surface area contributed by atoms with Gasteiger partial charge in [-0.05, 0) is 49.0 Å². The van der Waals surface area contributed by atoms with Crippen LogP contribution in [0.15, 0.2) is 78.9 Å². The lowest BCUT2D eigenvalue weighted by Crippen LogP contribution is -2.49. The van der Waals surface area contributed by atoms with Crippen LogP contribution in [0, 0.1) is 0 Å². The standard InChI is InChI=1S/C27H33NO5Si/c1-30-23-15-11-14-22(18-23)24-16-9-10-17-25(24)28(27(29)31-2)26(33-34(3,4)5)20-32-19-21-12-7-6-8-13-21/h6-18,26H,19-20H2,1-5H3. The van der Waals surface area contributed by atoms with E-state index in [4.69, 9.17) is 18.6 Å². The maximum atomic E-state index is 13.1. The topological polar surface area (TPSA) is 57.2 Å². The average molecular weight is 480 g/mol. The Bertz CT molecular complexity index is 1070. The normalized spacial score (nSPS) is 12.1. The highest BCUT2D eigenvalue weighted by molar-refractivity contribution is 6.69. The third-order valence-electron chi connectivity index (χ3n) is 5.07. The van der Waals surface area contributed by atoms with Crippen molar-refractivity contribution in [3.8, 4) is 16.9 Å². The van der Waals surface area contributed by atoms with Gasteiger partial charge in [-0.1, -0.05) is 60.7 Å². The molecular weight excluding hydrogens is 446 g/mol. The Kier molecular flexibility index (Phi) is 8.87. The van der Waals surface area contributed by atoms with Crippen LogP contribution in [0.25, 0.3) is 11.1 Å². The molecule has 180 valence electrons. The molecule has 0 spiro atoms. The van der Waals surface area contributed by atoms with E-state index in [1.54, 1.807) is 12.0 Å². The largest absolute Gasteiger partial charge is 0.497 e. The molecule has 0 saturated heterocycles. The number of para-hydroxylation sites is 1. The zero-order chi connectivity index (χ0) is 24.6. The molecule has 1 amide bonds. The first-order chi connectivity index (χ1) is 16.3. The van der Waals surface area contributed by atoms with Crippen LogP contribution >= 0.6 is 0 Å². The van der Waals surface area contributed by atoms with Crippen molar-refractivity contribution in [2.75, 3.05) is 25.7 Å². The van der Waals surface area contributed by atoms with E-state index >= 15 is 0 Å². The smallest absolute Gasteiger partial charge is 0.416 e. The molecule has 0 bridgehead atoms. The first-order valence-electron chi connectivity index (χ1n) is 11.2. The van der Waals surface area contributed by atoms with Gasteiger partial charge in [-0.2, -0.15) is 0 Å². The summed E-state index contributed by atoms with van der Waals surface area (Å²) in [5, 5.41) is 0. The van der Waals surface area contributed by atoms with Crippen LogP contribution in [0.3, 0.4) is 0 Å². The minimum atomic E-state index is -2.06. The monoisotopic (exact) mass is 479 g/mol. The van der Waals surface area contributed by atoms with Crippen molar-refractivity contribution in [3.05, 3.63) is 84.4 Å². The quantitative estimate of drug-likeness (QED) is 0.251. The molecule has 3 aromatic carbocycles. The Morgan fingerprint density at radius 3 is 2.29 bits per heavy atom. The highest BCUT2D eigenvalue weighted by atomic mass is 28.4. The van der Waals surface area contributed by atoms with Gasteiger partial charge < -0.3 is 18.6 Å². The van der Waals surface area contributed by atoms with E-state index < -0.39 is 20.6 Å². The molecule has 0 aliphatic heterocycles. The van der Waals surface area contributed by atoms with Crippen LogP contribution in [-0.2, 0) is 20.5 Å². The molecule has 7 heteroatoms. The number of rotatable bonds is 10. The van der Waals surface area contributed by atoms with Crippen LogP contribution in [0.2, 0.25) is 19.6 Å². The summed E-state index contributed by atoms with van der Waals surface area (Å²) in [5.74, 6) is 0.734. The number of hydrogen-bond donors (Lipinski definition) is 0. The van der Waals surface area contributed by atoms with Crippen LogP contribution in [-0.4, -0.2) is 41.5 Å². The fraction of sp³-hybridized carbons (Fsp3) is 0.296. The van der Waals surface area contributed by atoms with Gasteiger partial charge in [0.2, 0.25) is 0 Å². The van der Waals surface area contributed by atoms with Gasteiger partial charge in [-0.15, -0.1) is 0 Å². The number of carbonyl (C=O) groups is 1. The molecular formula is C27H33NO5Si. The highest BCUT2D eigenvalue weighted by Gasteiger charge is 2.33. The van der Waals surface area contributed by atoms with Crippen molar-refractivity contribution in [1.29, 1.82) is 0 Å². The molecule has 1 unspecified atom stereocenters. The molecule has 0 aliphatic carbocycles. The van der Waals surface area contributed by atoms with Gasteiger partial charge >= 0.3 is 6.09 Å². The predicted octanol–water partition coefficient (Wildman–Crippen LogP) is 6.33. The minimum Gasteiger partial charge on any atom is -0.497 e. The van der Waals surface area contributed by atoms with E-state index in [1.807, 2.05) is 78.9 Å². The van der Waals surface area contributed by atoms with Crippen molar-refractivity contribution in [2.45, 2.75) is 32.5 Å². The summed E-state index contributed by atoms with van der Waals surface area (Å²) < 4.78 is 23.1. The van der Waals surface area contributed by atoms with Gasteiger partial charge in [-0.3, -0.25) is 0 Å². The van der Waals surface area contributed by atoms with Crippen LogP contribution in [0.5, 0.6) is 5.75 Å². The van der Waals surface area contributed by atoms with Crippen molar-refractivity contribution in [1.82, 2.24) is 0 Å². The Morgan fingerprint density at radius 2 is 1.62 bits per heavy atom. The van der Waals surface area contributed by atoms with Crippen molar-refractivity contribution >= 4 is 20.1 Å². The fourth-order valence-electron chi connectivity index (χ4n) is 3.61. The summed E-state index contributed by atoms with van der Waals surface area (Å²) in [6.07, 6.45) is -1.17. The number of amides is 1. The lowest BCUT2D eigenvalue weighted by molar-refractivity contribution is 0.0350. The van der Waals surface area contributed by atoms with E-state index in [0.29, 0.717) is 12.3 Å². The minimum absolute atomic E-state index is 0.195. The van der Waals surface area contributed by atoms with Gasteiger partial charge in [0.15, 0.2) is 14.5 Å². The Balaban J connectivity index is 1.99. The molecule has 34 heavy (non-hydrogen) atoms. The molecule has 0 radical (unpaired) electrons. The number of methoxy groups -OCH3 is 2. The molecule has 0 N–H and O–H groups in total. The Hall–Kier alpha value is -3.13. The molecule has 0 fully saturated rings. The average Bonchev–Trinajstić information content (AvgIpc) is 2.84. The fourth-order valence-corrected chi connectivity index (χ4v) is 4.60. The lowest BCUT2D eigenvalue weighted by Gasteiger charge is -2.35. The lowest BCUT2D eigenvalue weighted by atomic mass is 10.0. The second kappa shape index (κ2) is 11.8. The first-order valence-corrected chi connectivity index (χ1v) is 14.6. The first kappa shape index (κ1) is 25.5. The number of anilines is 1. The van der Waals surface area contributed by atoms with E-state index in [0.717, 1.165) is 22.4 Å². The van der Waals surface area contributed by atoms with Crippen LogP contribution in [0.4, 0.5) is 10.5 Å². The van der Waals surface area contributed by atoms with E-state index in [9.17, 15) is 4.79 Å². The number of hydrogen-bond acceptors (Lipinski definition) is 5. The second-order valence-corrected chi connectivity index (χ2v) is 13.2. The van der Waals surface area contributed by atoms with Gasteiger partial charge in [-0.25, -0.2) is 9.69 Å². The molecule has 0 saturated carbocycles. The molecule has 1 atom stereocenters. The summed E-state index contributed by atoms with van der Waals surface area (Å²) in [4.78, 5) is 14.7. The maximum Gasteiger partial charge on any atom is 0.416 e. The van der Waals surface area contributed by atoms with Crippen LogP contribution < -0.4 is 9.64 Å². The number of nitrogens with zero attached hydrogens (tertiary/aromatic N) is 1. The van der Waals surface area contributed by atoms with Gasteiger partial charge in [0.1, 0.15) is 5.75 Å². The highest BCUT2D eigenvalue weighted by Crippen LogP contribution is 2.35. The summed E-state index contributed by atoms with van der Waals surface area (Å²) in [7, 11) is 0.943. The summed E-state index contributed by atoms with van der Waals surface area (Å²) in [6.45, 7) is 6.86. The molecule has 6 nitrogen and oxygen atoms in total. The maximum absolute atomic E-state index is 13.1. The Morgan fingerprint density at radius 1 is 0.912 bits per heavy atom. The molecule has 0 heterocycles. The molecule has 3 rings (SSSR count). The van der Waals surface area contributed by atoms with Gasteiger partial charge in [0.05, 0.1) is 33.1 Å². The van der Waals surface area contributed by atoms with Crippen LogP contribution in [0.1, 0.15) is 5.56 Å². The van der Waals surface area contributed by atoms with Crippen molar-refractivity contribution in [2.24, 2.45) is 0 Å². The van der Waals surface area contributed by atoms with E-state index in [-0.39, 0.29) is 6.61 Å². The summed E-state index contributed by atoms with van der Waals surface area (Å²) >= 11 is 0. The number of carbonyl (C=O) groups excluding carboxylic acids is 1. The SMILES string of the molecule is COC(=O)N(c1ccccc1-c1cccc(OC)c1)C(COCc1ccccc1)O[Si](C)(C)C. The molecule has 0 aromatic heterocycles. The van der Waals surface area contributed by atoms with Crippen molar-refractivity contribution < 1.29 is 23.4 Å². The van der Waals surface area contributed by atoms with Crippen molar-refractivity contribution in [3.63, 3.8) is 0 Å². The van der Waals surface area contributed by atoms with E-state index in [2.05, 4.69) is 19.6 Å².